The highest BCUT2D eigenvalue weighted by molar-refractivity contribution is 6.06. The molecular weight excluding hydrogens is 407 g/mol. The van der Waals surface area contributed by atoms with Crippen molar-refractivity contribution >= 4 is 17.2 Å². The Morgan fingerprint density at radius 2 is 2.06 bits per heavy atom. The second-order valence-electron chi connectivity index (χ2n) is 7.87. The minimum Gasteiger partial charge on any atom is -0.445 e. The second kappa shape index (κ2) is 7.53. The van der Waals surface area contributed by atoms with Crippen LogP contribution in [0.5, 0.6) is 0 Å². The van der Waals surface area contributed by atoms with Gasteiger partial charge in [-0.2, -0.15) is 0 Å². The van der Waals surface area contributed by atoms with Crippen molar-refractivity contribution in [1.29, 1.82) is 0 Å². The van der Waals surface area contributed by atoms with Crippen LogP contribution < -0.4 is 10.6 Å². The lowest BCUT2D eigenvalue weighted by molar-refractivity contribution is 0.102. The number of amides is 1. The van der Waals surface area contributed by atoms with Gasteiger partial charge in [-0.25, -0.2) is 9.37 Å². The van der Waals surface area contributed by atoms with Gasteiger partial charge in [0.05, 0.1) is 11.9 Å². The molecule has 0 radical (unpaired) electrons. The van der Waals surface area contributed by atoms with E-state index in [0.717, 1.165) is 22.4 Å². The van der Waals surface area contributed by atoms with Crippen molar-refractivity contribution in [2.75, 3.05) is 5.32 Å². The highest BCUT2D eigenvalue weighted by Gasteiger charge is 2.43. The van der Waals surface area contributed by atoms with Gasteiger partial charge < -0.3 is 20.0 Å². The van der Waals surface area contributed by atoms with Gasteiger partial charge in [0.1, 0.15) is 12.1 Å². The van der Waals surface area contributed by atoms with Gasteiger partial charge in [-0.05, 0) is 61.4 Å². The van der Waals surface area contributed by atoms with Gasteiger partial charge in [0.2, 0.25) is 5.89 Å². The van der Waals surface area contributed by atoms with Crippen molar-refractivity contribution in [3.05, 3.63) is 114 Å². The number of halogens is 1. The van der Waals surface area contributed by atoms with E-state index in [9.17, 15) is 9.18 Å². The average molecular weight is 430 g/mol. The monoisotopic (exact) mass is 430 g/mol. The van der Waals surface area contributed by atoms with Gasteiger partial charge in [0.25, 0.3) is 5.91 Å². The molecule has 0 saturated carbocycles. The maximum Gasteiger partial charge on any atom is 0.255 e. The number of oxazole rings is 1. The van der Waals surface area contributed by atoms with Gasteiger partial charge in [-0.15, -0.1) is 0 Å². The molecular formula is C25H23FN4O2. The summed E-state index contributed by atoms with van der Waals surface area (Å²) < 4.78 is 18.7. The molecule has 1 unspecified atom stereocenters. The number of aryl methyl sites for hydroxylation is 1. The fourth-order valence-electron chi connectivity index (χ4n) is 3.98. The summed E-state index contributed by atoms with van der Waals surface area (Å²) in [6.45, 7) is 3.88. The molecule has 162 valence electrons. The van der Waals surface area contributed by atoms with Crippen LogP contribution in [-0.4, -0.2) is 15.8 Å². The van der Waals surface area contributed by atoms with Crippen LogP contribution in [0.15, 0.2) is 89.6 Å². The van der Waals surface area contributed by atoms with Crippen LogP contribution in [0.25, 0.3) is 5.57 Å². The molecule has 1 aromatic heterocycles. The minimum atomic E-state index is -0.650. The summed E-state index contributed by atoms with van der Waals surface area (Å²) in [6, 6.07) is 11.5. The van der Waals surface area contributed by atoms with E-state index in [4.69, 9.17) is 4.42 Å². The van der Waals surface area contributed by atoms with Crippen LogP contribution >= 0.6 is 0 Å². The summed E-state index contributed by atoms with van der Waals surface area (Å²) in [4.78, 5) is 19.3. The van der Waals surface area contributed by atoms with Crippen molar-refractivity contribution in [3.63, 3.8) is 0 Å². The van der Waals surface area contributed by atoms with Crippen LogP contribution in [0.1, 0.15) is 35.7 Å². The Morgan fingerprint density at radius 1 is 1.25 bits per heavy atom. The number of benzene rings is 2. The topological polar surface area (TPSA) is 70.4 Å². The SMILES string of the molecule is Cc1ccc(C2=CC=CN3C2=CNC3(C)c2ncco2)cc1C(=O)Nc1ccc(F)cc1.[HH]. The van der Waals surface area contributed by atoms with E-state index in [1.165, 1.54) is 24.3 Å². The van der Waals surface area contributed by atoms with Gasteiger partial charge in [-0.3, -0.25) is 4.79 Å². The van der Waals surface area contributed by atoms with E-state index in [2.05, 4.69) is 20.5 Å². The Kier molecular flexibility index (Phi) is 4.66. The molecule has 0 spiro atoms. The molecule has 2 N–H and O–H groups in total. The first-order valence-corrected chi connectivity index (χ1v) is 10.2. The smallest absolute Gasteiger partial charge is 0.255 e. The summed E-state index contributed by atoms with van der Waals surface area (Å²) >= 11 is 0. The number of hydrogen-bond donors (Lipinski definition) is 2. The summed E-state index contributed by atoms with van der Waals surface area (Å²) in [6.07, 6.45) is 11.0. The molecule has 1 amide bonds. The molecule has 5 rings (SSSR count). The third-order valence-corrected chi connectivity index (χ3v) is 5.75. The number of allylic oxidation sites excluding steroid dienone is 3. The zero-order chi connectivity index (χ0) is 22.3. The Hall–Kier alpha value is -4.13. The molecule has 7 heteroatoms. The van der Waals surface area contributed by atoms with Gasteiger partial charge in [-0.1, -0.05) is 18.2 Å². The highest BCUT2D eigenvalue weighted by atomic mass is 19.1. The minimum absolute atomic E-state index is 0. The van der Waals surface area contributed by atoms with Crippen molar-refractivity contribution in [2.24, 2.45) is 0 Å². The number of hydrogen-bond acceptors (Lipinski definition) is 5. The molecule has 3 aromatic rings. The Morgan fingerprint density at radius 3 is 2.81 bits per heavy atom. The Bertz CT molecular complexity index is 1280. The van der Waals surface area contributed by atoms with Crippen LogP contribution in [0.4, 0.5) is 10.1 Å². The van der Waals surface area contributed by atoms with E-state index in [-0.39, 0.29) is 13.2 Å². The molecule has 2 aromatic carbocycles. The molecule has 0 aliphatic carbocycles. The standard InChI is InChI=1S/C25H21FN4O2.H2/c1-16-5-6-17(14-21(16)23(31)29-19-9-7-18(26)8-10-19)20-4-3-12-30-22(20)15-28-25(30,2)24-27-11-13-32-24;/h3-15,28H,1-2H3,(H,29,31);1H. The molecule has 1 atom stereocenters. The number of aromatic nitrogens is 1. The first-order chi connectivity index (χ1) is 15.5. The van der Waals surface area contributed by atoms with E-state index in [1.807, 2.05) is 56.6 Å². The Balaban J connectivity index is 0.00000259. The third-order valence-electron chi connectivity index (χ3n) is 5.75. The van der Waals surface area contributed by atoms with Crippen LogP contribution in [0, 0.1) is 12.7 Å². The molecule has 3 heterocycles. The summed E-state index contributed by atoms with van der Waals surface area (Å²) in [7, 11) is 0. The van der Waals surface area contributed by atoms with Crippen molar-refractivity contribution in [2.45, 2.75) is 19.5 Å². The van der Waals surface area contributed by atoms with E-state index in [0.29, 0.717) is 17.1 Å². The summed E-state index contributed by atoms with van der Waals surface area (Å²) in [5, 5.41) is 6.21. The summed E-state index contributed by atoms with van der Waals surface area (Å²) in [5.41, 5.74) is 4.10. The molecule has 0 saturated heterocycles. The first-order valence-electron chi connectivity index (χ1n) is 10.2. The number of anilines is 1. The van der Waals surface area contributed by atoms with Crippen LogP contribution in [0.3, 0.4) is 0 Å². The molecule has 0 bridgehead atoms. The van der Waals surface area contributed by atoms with Gasteiger partial charge in [0.15, 0.2) is 5.66 Å². The number of nitrogens with zero attached hydrogens (tertiary/aromatic N) is 2. The molecule has 0 fully saturated rings. The number of rotatable bonds is 4. The average Bonchev–Trinajstić information content (AvgIpc) is 3.45. The normalized spacial score (nSPS) is 19.2. The zero-order valence-corrected chi connectivity index (χ0v) is 17.6. The van der Waals surface area contributed by atoms with Gasteiger partial charge >= 0.3 is 0 Å². The van der Waals surface area contributed by atoms with Crippen molar-refractivity contribution in [3.8, 4) is 0 Å². The predicted octanol–water partition coefficient (Wildman–Crippen LogP) is 5.15. The van der Waals surface area contributed by atoms with Crippen molar-refractivity contribution < 1.29 is 15.0 Å². The number of nitrogens with one attached hydrogen (secondary N) is 2. The van der Waals surface area contributed by atoms with E-state index < -0.39 is 5.66 Å². The first kappa shape index (κ1) is 19.8. The highest BCUT2D eigenvalue weighted by Crippen LogP contribution is 2.41. The fraction of sp³-hybridized carbons (Fsp3) is 0.120. The molecule has 2 aliphatic rings. The number of fused-ring (bicyclic) bond motifs is 1. The van der Waals surface area contributed by atoms with Gasteiger partial charge in [0, 0.05) is 30.7 Å². The third kappa shape index (κ3) is 3.28. The zero-order valence-electron chi connectivity index (χ0n) is 17.6. The number of carbonyl (C=O) groups is 1. The van der Waals surface area contributed by atoms with Crippen molar-refractivity contribution in [1.82, 2.24) is 15.2 Å². The fourth-order valence-corrected chi connectivity index (χ4v) is 3.98. The molecule has 2 aliphatic heterocycles. The quantitative estimate of drug-likeness (QED) is 0.599. The lowest BCUT2D eigenvalue weighted by atomic mass is 9.95. The van der Waals surface area contributed by atoms with E-state index >= 15 is 0 Å². The maximum absolute atomic E-state index is 13.2. The van der Waals surface area contributed by atoms with Crippen LogP contribution in [-0.2, 0) is 5.66 Å². The number of carbonyl (C=O) groups excluding carboxylic acids is 1. The second-order valence-corrected chi connectivity index (χ2v) is 7.87. The lowest BCUT2D eigenvalue weighted by Gasteiger charge is -2.35. The Labute approximate surface area is 186 Å². The predicted molar refractivity (Wildman–Crippen MR) is 122 cm³/mol. The molecule has 32 heavy (non-hydrogen) atoms. The van der Waals surface area contributed by atoms with E-state index in [1.54, 1.807) is 12.5 Å². The largest absolute Gasteiger partial charge is 0.445 e. The molecule has 6 nitrogen and oxygen atoms in total. The summed E-state index contributed by atoms with van der Waals surface area (Å²) in [5.74, 6) is -0.0425. The lowest BCUT2D eigenvalue weighted by Crippen LogP contribution is -2.44. The maximum atomic E-state index is 13.2. The van der Waals surface area contributed by atoms with Crippen LogP contribution in [0.2, 0.25) is 0 Å².